The maximum absolute atomic E-state index is 12.1. The molecule has 0 saturated heterocycles. The van der Waals surface area contributed by atoms with Crippen molar-refractivity contribution in [2.75, 3.05) is 91.0 Å². The first-order chi connectivity index (χ1) is 35.6. The maximum atomic E-state index is 12.1. The number of methoxy groups -OCH3 is 2. The number of hydrogen-bond acceptors (Lipinski definition) is 16. The van der Waals surface area contributed by atoms with Gasteiger partial charge in [-0.15, -0.1) is 11.6 Å². The molecule has 0 atom stereocenters. The number of para-hydroxylation sites is 2. The summed E-state index contributed by atoms with van der Waals surface area (Å²) in [6.45, 7) is 6.03. The number of aryl methyl sites for hydroxylation is 2. The average molecular weight is 1070 g/mol. The molecule has 19 nitrogen and oxygen atoms in total. The third-order valence-electron chi connectivity index (χ3n) is 11.0. The Balaban J connectivity index is 0.000000291. The molecule has 4 aromatic carbocycles. The number of likely N-dealkylation sites (N-methyl/N-ethyl adjacent to an activating group) is 2. The number of nitrogens with two attached hydrogens (primary N) is 1. The minimum atomic E-state index is -0.370. The molecule has 8 rings (SSSR count). The Morgan fingerprint density at radius 3 is 1.83 bits per heavy atom. The molecule has 0 unspecified atom stereocenters. The van der Waals surface area contributed by atoms with Gasteiger partial charge in [-0.05, 0) is 82.3 Å². The third-order valence-corrected chi connectivity index (χ3v) is 11.4. The fourth-order valence-electron chi connectivity index (χ4n) is 7.32. The van der Waals surface area contributed by atoms with Gasteiger partial charge in [0.25, 0.3) is 0 Å². The Kier molecular flexibility index (Phi) is 21.7. The van der Waals surface area contributed by atoms with Crippen LogP contribution in [0.5, 0.6) is 23.0 Å². The molecule has 4 aromatic heterocycles. The standard InChI is InChI=1S/C27H30N6O3.C23H27N7O2.C3H4Cl2O.CH4.H2/c1-6-26(34)30-21-15-18(23(35-5)17-24(21)36-14-13-32(2)3)16-25-28-12-11-20(29-25)27-19-9-7-8-10-22(19)33(4)31-27;1-29(2)11-12-32-20-14-21(31-4)18(13-16(20)24)27-23-25-10-9-17(26-23)22-15-7-5-6-8-19(15)30(3)28-22;4-2-1-3(5)6;;/h6-12,15,17H,1,13-14,16H2,2-5H3,(H,30,34);5-10,13-14H,11-12,24H2,1-4H3,(H,25,26,27);1-2H2;1H4;1H/i;;;;1+2. The van der Waals surface area contributed by atoms with Crippen LogP contribution in [0.2, 0.25) is 0 Å². The fraction of sp³-hybridized carbons (Fsp3) is 0.296. The van der Waals surface area contributed by atoms with Gasteiger partial charge in [-0.1, -0.05) is 50.4 Å². The first-order valence-electron chi connectivity index (χ1n) is 23.3. The Hall–Kier alpha value is -7.84. The fourth-order valence-corrected chi connectivity index (χ4v) is 7.68. The van der Waals surface area contributed by atoms with Crippen LogP contribution < -0.4 is 35.3 Å². The monoisotopic (exact) mass is 1070 g/mol. The van der Waals surface area contributed by atoms with Crippen LogP contribution in [0.3, 0.4) is 0 Å². The third kappa shape index (κ3) is 15.8. The smallest absolute Gasteiger partial charge is 0.247 e. The number of hydrogen-bond donors (Lipinski definition) is 3. The lowest BCUT2D eigenvalue weighted by molar-refractivity contribution is -0.112. The molecule has 0 aliphatic rings. The zero-order chi connectivity index (χ0) is 53.3. The molecule has 0 saturated carbocycles. The van der Waals surface area contributed by atoms with Gasteiger partial charge in [0.1, 0.15) is 53.4 Å². The second kappa shape index (κ2) is 28.0. The summed E-state index contributed by atoms with van der Waals surface area (Å²) in [5, 5.41) is 17.0. The van der Waals surface area contributed by atoms with Crippen LogP contribution in [0.15, 0.2) is 110 Å². The van der Waals surface area contributed by atoms with E-state index in [1.165, 1.54) is 6.08 Å². The van der Waals surface area contributed by atoms with Gasteiger partial charge < -0.3 is 45.1 Å². The van der Waals surface area contributed by atoms with Gasteiger partial charge in [0.2, 0.25) is 17.1 Å². The van der Waals surface area contributed by atoms with Gasteiger partial charge in [0.05, 0.1) is 53.7 Å². The largest absolute Gasteiger partial charge is 0.496 e. The highest BCUT2D eigenvalue weighted by Gasteiger charge is 2.19. The van der Waals surface area contributed by atoms with E-state index in [0.29, 0.717) is 77.3 Å². The Morgan fingerprint density at radius 2 is 1.29 bits per heavy atom. The van der Waals surface area contributed by atoms with Crippen molar-refractivity contribution < 1.29 is 30.0 Å². The summed E-state index contributed by atoms with van der Waals surface area (Å²) >= 11 is 9.95. The molecule has 398 valence electrons. The molecule has 0 spiro atoms. The zero-order valence-electron chi connectivity index (χ0n) is 42.7. The number of nitrogen functional groups attached to an aromatic ring is 1. The van der Waals surface area contributed by atoms with E-state index >= 15 is 0 Å². The molecule has 1 amide bonds. The molecule has 4 N–H and O–H groups in total. The van der Waals surface area contributed by atoms with E-state index in [1.54, 1.807) is 44.8 Å². The van der Waals surface area contributed by atoms with Crippen LogP contribution in [0.1, 0.15) is 26.7 Å². The van der Waals surface area contributed by atoms with E-state index in [1.807, 2.05) is 128 Å². The van der Waals surface area contributed by atoms with Gasteiger partial charge in [-0.25, -0.2) is 19.9 Å². The molecule has 4 heterocycles. The zero-order valence-corrected chi connectivity index (χ0v) is 44.2. The van der Waals surface area contributed by atoms with E-state index in [4.69, 9.17) is 52.9 Å². The number of ether oxygens (including phenoxy) is 4. The summed E-state index contributed by atoms with van der Waals surface area (Å²) in [5.41, 5.74) is 13.8. The molecule has 0 bridgehead atoms. The van der Waals surface area contributed by atoms with Gasteiger partial charge in [0.15, 0.2) is 0 Å². The lowest BCUT2D eigenvalue weighted by atomic mass is 10.1. The van der Waals surface area contributed by atoms with Crippen molar-refractivity contribution in [1.29, 1.82) is 0 Å². The molecular weight excluding hydrogens is 998 g/mol. The predicted octanol–water partition coefficient (Wildman–Crippen LogP) is 9.26. The minimum absolute atomic E-state index is 0. The molecule has 75 heavy (non-hydrogen) atoms. The van der Waals surface area contributed by atoms with Crippen molar-refractivity contribution in [3.8, 4) is 45.8 Å². The molecule has 8 aromatic rings. The number of nitrogens with one attached hydrogen (secondary N) is 2. The molecular formula is C54H67Cl2N13O6. The van der Waals surface area contributed by atoms with Crippen molar-refractivity contribution in [3.05, 3.63) is 121 Å². The topological polar surface area (TPSA) is 215 Å². The SMILES string of the molecule is C.C=CC(=O)Nc1cc(Cc2nccc(-c3nn(C)c4ccccc34)n2)c(OC)cc1OCCN(C)C.COc1cc(OCCN(C)C)c(N)cc1Nc1nccc(-c2nn(C)c3ccccc23)n1.O=C(Cl)CCCl.[3HH]. The molecule has 0 aliphatic heterocycles. The van der Waals surface area contributed by atoms with Crippen molar-refractivity contribution in [1.82, 2.24) is 49.3 Å². The number of amides is 1. The van der Waals surface area contributed by atoms with E-state index in [-0.39, 0.29) is 26.4 Å². The number of aromatic nitrogens is 8. The quantitative estimate of drug-likeness (QED) is 0.0281. The van der Waals surface area contributed by atoms with Crippen LogP contribution in [-0.4, -0.2) is 135 Å². The van der Waals surface area contributed by atoms with Crippen LogP contribution in [0, 0.1) is 0 Å². The molecule has 0 fully saturated rings. The van der Waals surface area contributed by atoms with Crippen LogP contribution in [-0.2, 0) is 30.1 Å². The van der Waals surface area contributed by atoms with E-state index in [0.717, 1.165) is 63.2 Å². The number of alkyl halides is 1. The second-order valence-electron chi connectivity index (χ2n) is 16.9. The van der Waals surface area contributed by atoms with Crippen molar-refractivity contribution in [2.45, 2.75) is 20.3 Å². The number of carbonyl (C=O) groups excluding carboxylic acids is 2. The van der Waals surface area contributed by atoms with E-state index in [2.05, 4.69) is 42.4 Å². The molecule has 0 aliphatic carbocycles. The maximum Gasteiger partial charge on any atom is 0.247 e. The van der Waals surface area contributed by atoms with E-state index < -0.39 is 0 Å². The van der Waals surface area contributed by atoms with E-state index in [9.17, 15) is 9.59 Å². The summed E-state index contributed by atoms with van der Waals surface area (Å²) in [6.07, 6.45) is 5.30. The van der Waals surface area contributed by atoms with Gasteiger partial charge in [-0.2, -0.15) is 10.2 Å². The predicted molar refractivity (Wildman–Crippen MR) is 302 cm³/mol. The average Bonchev–Trinajstić information content (AvgIpc) is 3.91. The number of rotatable bonds is 20. The van der Waals surface area contributed by atoms with Crippen molar-refractivity contribution in [2.24, 2.45) is 14.1 Å². The first-order valence-corrected chi connectivity index (χ1v) is 24.2. The number of anilines is 4. The number of fused-ring (bicyclic) bond motifs is 2. The highest BCUT2D eigenvalue weighted by atomic mass is 35.5. The number of carbonyl (C=O) groups is 2. The Labute approximate surface area is 449 Å². The molecule has 21 heteroatoms. The highest BCUT2D eigenvalue weighted by Crippen LogP contribution is 2.37. The summed E-state index contributed by atoms with van der Waals surface area (Å²) in [7, 11) is 14.9. The number of benzene rings is 4. The summed E-state index contributed by atoms with van der Waals surface area (Å²) in [5.74, 6) is 3.29. The normalized spacial score (nSPS) is 10.7. The number of nitrogens with zero attached hydrogens (tertiary/aromatic N) is 10. The van der Waals surface area contributed by atoms with Crippen LogP contribution in [0.25, 0.3) is 44.6 Å². The molecule has 0 radical (unpaired) electrons. The Bertz CT molecular complexity index is 3210. The van der Waals surface area contributed by atoms with Crippen molar-refractivity contribution in [3.63, 3.8) is 0 Å². The Morgan fingerprint density at radius 1 is 0.747 bits per heavy atom. The summed E-state index contributed by atoms with van der Waals surface area (Å²) in [6, 6.07) is 26.9. The van der Waals surface area contributed by atoms with Gasteiger partial charge >= 0.3 is 0 Å². The lowest BCUT2D eigenvalue weighted by Crippen LogP contribution is -2.20. The van der Waals surface area contributed by atoms with Crippen LogP contribution >= 0.6 is 23.2 Å². The lowest BCUT2D eigenvalue weighted by Gasteiger charge is -2.17. The van der Waals surface area contributed by atoms with Crippen molar-refractivity contribution >= 4 is 79.2 Å². The van der Waals surface area contributed by atoms with Gasteiger partial charge in [-0.3, -0.25) is 19.0 Å². The second-order valence-corrected chi connectivity index (χ2v) is 17.7. The van der Waals surface area contributed by atoms with Gasteiger partial charge in [0, 0.05) is 88.2 Å². The number of halogens is 2. The minimum Gasteiger partial charge on any atom is -0.496 e. The summed E-state index contributed by atoms with van der Waals surface area (Å²) in [4.78, 5) is 44.2. The first kappa shape index (κ1) is 58.1. The highest BCUT2D eigenvalue weighted by molar-refractivity contribution is 6.63. The van der Waals surface area contributed by atoms with Crippen LogP contribution in [0.4, 0.5) is 23.0 Å². The summed E-state index contributed by atoms with van der Waals surface area (Å²) < 4.78 is 26.6.